The van der Waals surface area contributed by atoms with Crippen molar-refractivity contribution in [2.45, 2.75) is 59.3 Å². The lowest BCUT2D eigenvalue weighted by Crippen LogP contribution is -2.33. The maximum absolute atomic E-state index is 13.0. The van der Waals surface area contributed by atoms with Gasteiger partial charge in [0.05, 0.1) is 12.6 Å². The zero-order chi connectivity index (χ0) is 24.8. The minimum atomic E-state index is -0.387. The number of hydrogen-bond acceptors (Lipinski definition) is 8. The van der Waals surface area contributed by atoms with Crippen LogP contribution in [0.4, 0.5) is 0 Å². The minimum absolute atomic E-state index is 0.0564. The largest absolute Gasteiger partial charge is 0.465 e. The molecule has 0 spiro atoms. The van der Waals surface area contributed by atoms with Crippen molar-refractivity contribution in [1.29, 1.82) is 0 Å². The van der Waals surface area contributed by atoms with E-state index in [1.54, 1.807) is 18.3 Å². The molecule has 4 aromatic rings. The molecule has 184 valence electrons. The highest BCUT2D eigenvalue weighted by molar-refractivity contribution is 7.09. The zero-order valence-electron chi connectivity index (χ0n) is 20.2. The Morgan fingerprint density at radius 3 is 2.83 bits per heavy atom. The van der Waals surface area contributed by atoms with Gasteiger partial charge in [0.25, 0.3) is 5.56 Å². The van der Waals surface area contributed by atoms with E-state index in [-0.39, 0.29) is 24.1 Å². The van der Waals surface area contributed by atoms with E-state index >= 15 is 0 Å². The van der Waals surface area contributed by atoms with Crippen LogP contribution in [0.25, 0.3) is 10.9 Å². The fraction of sp³-hybridized carbons (Fsp3) is 0.400. The number of ether oxygens (including phenoxy) is 1. The van der Waals surface area contributed by atoms with E-state index < -0.39 is 0 Å². The number of hydrogen-bond donors (Lipinski definition) is 1. The van der Waals surface area contributed by atoms with Gasteiger partial charge in [-0.05, 0) is 65.2 Å². The molecule has 0 fully saturated rings. The van der Waals surface area contributed by atoms with Crippen molar-refractivity contribution in [2.75, 3.05) is 6.61 Å². The Hall–Kier alpha value is -3.37. The Kier molecular flexibility index (Phi) is 8.04. The van der Waals surface area contributed by atoms with Crippen LogP contribution >= 0.6 is 11.3 Å². The number of carbonyl (C=O) groups excluding carboxylic acids is 1. The second-order valence-electron chi connectivity index (χ2n) is 8.50. The standard InChI is InChI=1S/C25H30N6O3S/c1-4-7-22(24-27-28-29-31(24)16-23(32)34-5-2)30(15-20-8-6-11-35-20)14-19-13-18-10-9-17(3)12-21(18)26-25(19)33/h6,8-13,22H,4-5,7,14-16H2,1-3H3,(H,26,33). The predicted octanol–water partition coefficient (Wildman–Crippen LogP) is 3.99. The van der Waals surface area contributed by atoms with Crippen LogP contribution in [0.15, 0.2) is 46.6 Å². The smallest absolute Gasteiger partial charge is 0.327 e. The van der Waals surface area contributed by atoms with Crippen LogP contribution in [-0.4, -0.2) is 42.7 Å². The number of nitrogens with one attached hydrogen (secondary N) is 1. The normalized spacial score (nSPS) is 12.3. The number of fused-ring (bicyclic) bond motifs is 1. The van der Waals surface area contributed by atoms with Crippen LogP contribution in [-0.2, 0) is 29.2 Å². The Balaban J connectivity index is 1.71. The number of carbonyl (C=O) groups is 1. The summed E-state index contributed by atoms with van der Waals surface area (Å²) in [4.78, 5) is 31.6. The third-order valence-corrected chi connectivity index (χ3v) is 6.70. The van der Waals surface area contributed by atoms with E-state index in [1.165, 1.54) is 9.56 Å². The highest BCUT2D eigenvalue weighted by Crippen LogP contribution is 2.29. The molecule has 4 rings (SSSR count). The van der Waals surface area contributed by atoms with Crippen molar-refractivity contribution in [2.24, 2.45) is 0 Å². The van der Waals surface area contributed by atoms with Gasteiger partial charge in [-0.1, -0.05) is 31.5 Å². The monoisotopic (exact) mass is 494 g/mol. The van der Waals surface area contributed by atoms with Gasteiger partial charge in [0, 0.05) is 29.0 Å². The highest BCUT2D eigenvalue weighted by Gasteiger charge is 2.28. The number of nitrogens with zero attached hydrogens (tertiary/aromatic N) is 5. The topological polar surface area (TPSA) is 106 Å². The fourth-order valence-electron chi connectivity index (χ4n) is 4.22. The second kappa shape index (κ2) is 11.4. The number of aromatic nitrogens is 5. The van der Waals surface area contributed by atoms with Gasteiger partial charge < -0.3 is 9.72 Å². The van der Waals surface area contributed by atoms with Gasteiger partial charge in [0.1, 0.15) is 6.54 Å². The number of pyridine rings is 1. The summed E-state index contributed by atoms with van der Waals surface area (Å²) >= 11 is 1.66. The quantitative estimate of drug-likeness (QED) is 0.314. The fourth-order valence-corrected chi connectivity index (χ4v) is 4.94. The van der Waals surface area contributed by atoms with E-state index in [0.29, 0.717) is 31.1 Å². The van der Waals surface area contributed by atoms with Crippen LogP contribution in [0.5, 0.6) is 0 Å². The summed E-state index contributed by atoms with van der Waals surface area (Å²) in [5.74, 6) is 0.201. The summed E-state index contributed by atoms with van der Waals surface area (Å²) in [5.41, 5.74) is 2.48. The first-order valence-corrected chi connectivity index (χ1v) is 12.7. The van der Waals surface area contributed by atoms with E-state index in [4.69, 9.17) is 4.74 Å². The lowest BCUT2D eigenvalue weighted by Gasteiger charge is -2.30. The lowest BCUT2D eigenvalue weighted by atomic mass is 10.1. The summed E-state index contributed by atoms with van der Waals surface area (Å²) in [6, 6.07) is 11.9. The summed E-state index contributed by atoms with van der Waals surface area (Å²) in [5, 5.41) is 15.2. The molecule has 0 saturated carbocycles. The average molecular weight is 495 g/mol. The Bertz CT molecular complexity index is 1330. The maximum Gasteiger partial charge on any atom is 0.327 e. The number of H-pyrrole nitrogens is 1. The van der Waals surface area contributed by atoms with Crippen molar-refractivity contribution >= 4 is 28.2 Å². The first-order chi connectivity index (χ1) is 17.0. The molecule has 1 aromatic carbocycles. The number of rotatable bonds is 11. The molecule has 1 N–H and O–H groups in total. The van der Waals surface area contributed by atoms with Crippen LogP contribution in [0, 0.1) is 6.92 Å². The summed E-state index contributed by atoms with van der Waals surface area (Å²) in [6.07, 6.45) is 1.64. The summed E-state index contributed by atoms with van der Waals surface area (Å²) in [6.45, 7) is 7.14. The van der Waals surface area contributed by atoms with E-state index in [1.807, 2.05) is 42.6 Å². The molecule has 3 heterocycles. The Morgan fingerprint density at radius 1 is 1.23 bits per heavy atom. The predicted molar refractivity (Wildman–Crippen MR) is 135 cm³/mol. The average Bonchev–Trinajstić information content (AvgIpc) is 3.50. The zero-order valence-corrected chi connectivity index (χ0v) is 21.0. The maximum atomic E-state index is 13.0. The summed E-state index contributed by atoms with van der Waals surface area (Å²) in [7, 11) is 0. The SMILES string of the molecule is CCCC(c1nnnn1CC(=O)OCC)N(Cc1cccs1)Cc1cc2ccc(C)cc2[nH]c1=O. The molecular weight excluding hydrogens is 464 g/mol. The van der Waals surface area contributed by atoms with E-state index in [2.05, 4.69) is 38.4 Å². The Morgan fingerprint density at radius 2 is 2.09 bits per heavy atom. The number of thiophene rings is 1. The molecule has 0 saturated heterocycles. The summed E-state index contributed by atoms with van der Waals surface area (Å²) < 4.78 is 6.61. The third kappa shape index (κ3) is 6.01. The van der Waals surface area contributed by atoms with Crippen molar-refractivity contribution < 1.29 is 9.53 Å². The lowest BCUT2D eigenvalue weighted by molar-refractivity contribution is -0.144. The molecule has 0 aliphatic carbocycles. The van der Waals surface area contributed by atoms with Crippen LogP contribution in [0.3, 0.4) is 0 Å². The van der Waals surface area contributed by atoms with E-state index in [0.717, 1.165) is 29.3 Å². The molecular formula is C25H30N6O3S. The van der Waals surface area contributed by atoms with Gasteiger partial charge in [-0.15, -0.1) is 16.4 Å². The molecule has 1 unspecified atom stereocenters. The number of aromatic amines is 1. The first-order valence-electron chi connectivity index (χ1n) is 11.8. The van der Waals surface area contributed by atoms with Gasteiger partial charge in [-0.3, -0.25) is 14.5 Å². The third-order valence-electron chi connectivity index (χ3n) is 5.84. The number of benzene rings is 1. The van der Waals surface area contributed by atoms with Gasteiger partial charge in [0.2, 0.25) is 0 Å². The Labute approximate surface area is 207 Å². The molecule has 0 bridgehead atoms. The van der Waals surface area contributed by atoms with E-state index in [9.17, 15) is 9.59 Å². The molecule has 0 radical (unpaired) electrons. The second-order valence-corrected chi connectivity index (χ2v) is 9.54. The highest BCUT2D eigenvalue weighted by atomic mass is 32.1. The van der Waals surface area contributed by atoms with Crippen molar-refractivity contribution in [3.63, 3.8) is 0 Å². The molecule has 10 heteroatoms. The molecule has 0 amide bonds. The van der Waals surface area contributed by atoms with Gasteiger partial charge in [-0.2, -0.15) is 0 Å². The molecule has 0 aliphatic rings. The van der Waals surface area contributed by atoms with Crippen LogP contribution in [0.2, 0.25) is 0 Å². The molecule has 9 nitrogen and oxygen atoms in total. The minimum Gasteiger partial charge on any atom is -0.465 e. The number of aryl methyl sites for hydroxylation is 1. The molecule has 3 aromatic heterocycles. The first kappa shape index (κ1) is 24.7. The van der Waals surface area contributed by atoms with Gasteiger partial charge in [-0.25, -0.2) is 4.68 Å². The van der Waals surface area contributed by atoms with Gasteiger partial charge >= 0.3 is 5.97 Å². The van der Waals surface area contributed by atoms with Crippen molar-refractivity contribution in [1.82, 2.24) is 30.1 Å². The van der Waals surface area contributed by atoms with Crippen molar-refractivity contribution in [3.8, 4) is 0 Å². The van der Waals surface area contributed by atoms with Crippen LogP contribution < -0.4 is 5.56 Å². The number of tetrazole rings is 1. The molecule has 0 aliphatic heterocycles. The van der Waals surface area contributed by atoms with Gasteiger partial charge in [0.15, 0.2) is 5.82 Å². The van der Waals surface area contributed by atoms with Crippen LogP contribution in [0.1, 0.15) is 54.6 Å². The molecule has 1 atom stereocenters. The van der Waals surface area contributed by atoms with Crippen molar-refractivity contribution in [3.05, 3.63) is 74.0 Å². The molecule has 35 heavy (non-hydrogen) atoms. The number of esters is 1.